The van der Waals surface area contributed by atoms with E-state index in [1.807, 2.05) is 11.8 Å². The first-order chi connectivity index (χ1) is 7.13. The van der Waals surface area contributed by atoms with Crippen LogP contribution >= 0.6 is 0 Å². The molecular formula is C11H22N2O2. The average Bonchev–Trinajstić information content (AvgIpc) is 2.25. The fourth-order valence-electron chi connectivity index (χ4n) is 1.69. The van der Waals surface area contributed by atoms with Crippen LogP contribution in [0.25, 0.3) is 0 Å². The Morgan fingerprint density at radius 2 is 2.40 bits per heavy atom. The summed E-state index contributed by atoms with van der Waals surface area (Å²) >= 11 is 0. The third-order valence-corrected chi connectivity index (χ3v) is 2.85. The summed E-state index contributed by atoms with van der Waals surface area (Å²) in [5, 5.41) is 0. The molecular weight excluding hydrogens is 192 g/mol. The standard InChI is InChI=1S/C11H22N2O2/c1-9(7-12)3-4-11(14)13-5-6-15-10(2)8-13/h9-10H,3-8,12H2,1-2H3. The number of hydrogen-bond donors (Lipinski definition) is 1. The summed E-state index contributed by atoms with van der Waals surface area (Å²) in [6, 6.07) is 0. The summed E-state index contributed by atoms with van der Waals surface area (Å²) in [4.78, 5) is 13.7. The summed E-state index contributed by atoms with van der Waals surface area (Å²) in [7, 11) is 0. The monoisotopic (exact) mass is 214 g/mol. The second kappa shape index (κ2) is 6.08. The van der Waals surface area contributed by atoms with E-state index in [-0.39, 0.29) is 12.0 Å². The lowest BCUT2D eigenvalue weighted by molar-refractivity contribution is -0.138. The van der Waals surface area contributed by atoms with Gasteiger partial charge in [0.2, 0.25) is 5.91 Å². The molecule has 4 heteroatoms. The number of carbonyl (C=O) groups is 1. The lowest BCUT2D eigenvalue weighted by atomic mass is 10.1. The Balaban J connectivity index is 2.26. The van der Waals surface area contributed by atoms with E-state index >= 15 is 0 Å². The Kier molecular flexibility index (Phi) is 5.05. The molecule has 2 unspecified atom stereocenters. The zero-order valence-corrected chi connectivity index (χ0v) is 9.74. The van der Waals surface area contributed by atoms with Gasteiger partial charge in [-0.3, -0.25) is 4.79 Å². The molecule has 0 aromatic rings. The molecule has 0 saturated carbocycles. The third kappa shape index (κ3) is 4.18. The Bertz CT molecular complexity index is 209. The van der Waals surface area contributed by atoms with Gasteiger partial charge in [0.25, 0.3) is 0 Å². The second-order valence-corrected chi connectivity index (χ2v) is 4.40. The van der Waals surface area contributed by atoms with Crippen molar-refractivity contribution in [2.45, 2.75) is 32.8 Å². The van der Waals surface area contributed by atoms with Crippen LogP contribution in [0.5, 0.6) is 0 Å². The summed E-state index contributed by atoms with van der Waals surface area (Å²) in [5.74, 6) is 0.679. The van der Waals surface area contributed by atoms with Gasteiger partial charge in [-0.15, -0.1) is 0 Å². The van der Waals surface area contributed by atoms with Crippen LogP contribution in [0.4, 0.5) is 0 Å². The number of rotatable bonds is 4. The fourth-order valence-corrected chi connectivity index (χ4v) is 1.69. The minimum absolute atomic E-state index is 0.176. The molecule has 2 N–H and O–H groups in total. The summed E-state index contributed by atoms with van der Waals surface area (Å²) in [5.41, 5.74) is 5.51. The van der Waals surface area contributed by atoms with Gasteiger partial charge in [0, 0.05) is 19.5 Å². The summed E-state index contributed by atoms with van der Waals surface area (Å²) in [6.45, 7) is 6.87. The van der Waals surface area contributed by atoms with E-state index in [0.717, 1.165) is 19.5 Å². The van der Waals surface area contributed by atoms with Gasteiger partial charge in [-0.05, 0) is 25.8 Å². The van der Waals surface area contributed by atoms with Crippen LogP contribution in [-0.2, 0) is 9.53 Å². The zero-order chi connectivity index (χ0) is 11.3. The largest absolute Gasteiger partial charge is 0.375 e. The molecule has 0 bridgehead atoms. The lowest BCUT2D eigenvalue weighted by Crippen LogP contribution is -2.44. The van der Waals surface area contributed by atoms with E-state index < -0.39 is 0 Å². The number of amides is 1. The van der Waals surface area contributed by atoms with E-state index in [1.54, 1.807) is 0 Å². The van der Waals surface area contributed by atoms with Crippen molar-refractivity contribution < 1.29 is 9.53 Å². The van der Waals surface area contributed by atoms with E-state index in [4.69, 9.17) is 10.5 Å². The Labute approximate surface area is 91.8 Å². The van der Waals surface area contributed by atoms with Gasteiger partial charge in [-0.25, -0.2) is 0 Å². The summed E-state index contributed by atoms with van der Waals surface area (Å²) < 4.78 is 5.39. The zero-order valence-electron chi connectivity index (χ0n) is 9.74. The topological polar surface area (TPSA) is 55.6 Å². The van der Waals surface area contributed by atoms with Crippen molar-refractivity contribution in [3.05, 3.63) is 0 Å². The number of carbonyl (C=O) groups excluding carboxylic acids is 1. The van der Waals surface area contributed by atoms with Crippen molar-refractivity contribution in [2.75, 3.05) is 26.2 Å². The predicted octanol–water partition coefficient (Wildman–Crippen LogP) is 0.609. The SMILES string of the molecule is CC(CN)CCC(=O)N1CCOC(C)C1. The van der Waals surface area contributed by atoms with E-state index in [0.29, 0.717) is 25.5 Å². The molecule has 0 aliphatic carbocycles. The van der Waals surface area contributed by atoms with Gasteiger partial charge in [0.05, 0.1) is 12.7 Å². The van der Waals surface area contributed by atoms with E-state index in [1.165, 1.54) is 0 Å². The van der Waals surface area contributed by atoms with Crippen LogP contribution in [0.1, 0.15) is 26.7 Å². The highest BCUT2D eigenvalue weighted by Crippen LogP contribution is 2.10. The van der Waals surface area contributed by atoms with Crippen LogP contribution in [0.15, 0.2) is 0 Å². The quantitative estimate of drug-likeness (QED) is 0.746. The second-order valence-electron chi connectivity index (χ2n) is 4.40. The van der Waals surface area contributed by atoms with Crippen molar-refractivity contribution in [1.29, 1.82) is 0 Å². The number of nitrogens with zero attached hydrogens (tertiary/aromatic N) is 1. The molecule has 1 aliphatic heterocycles. The Morgan fingerprint density at radius 1 is 1.67 bits per heavy atom. The maximum Gasteiger partial charge on any atom is 0.222 e. The van der Waals surface area contributed by atoms with Crippen LogP contribution in [0, 0.1) is 5.92 Å². The average molecular weight is 214 g/mol. The minimum atomic E-state index is 0.176. The highest BCUT2D eigenvalue weighted by Gasteiger charge is 2.21. The van der Waals surface area contributed by atoms with Crippen LogP contribution < -0.4 is 5.73 Å². The predicted molar refractivity (Wildman–Crippen MR) is 59.4 cm³/mol. The molecule has 15 heavy (non-hydrogen) atoms. The van der Waals surface area contributed by atoms with Gasteiger partial charge < -0.3 is 15.4 Å². The number of hydrogen-bond acceptors (Lipinski definition) is 3. The molecule has 4 nitrogen and oxygen atoms in total. The first kappa shape index (κ1) is 12.5. The van der Waals surface area contributed by atoms with Crippen molar-refractivity contribution in [3.8, 4) is 0 Å². The van der Waals surface area contributed by atoms with Crippen molar-refractivity contribution >= 4 is 5.91 Å². The molecule has 1 aliphatic rings. The molecule has 0 radical (unpaired) electrons. The molecule has 2 atom stereocenters. The van der Waals surface area contributed by atoms with Gasteiger partial charge >= 0.3 is 0 Å². The molecule has 0 aromatic heterocycles. The molecule has 1 saturated heterocycles. The smallest absolute Gasteiger partial charge is 0.222 e. The third-order valence-electron chi connectivity index (χ3n) is 2.85. The fraction of sp³-hybridized carbons (Fsp3) is 0.909. The normalized spacial score (nSPS) is 23.9. The maximum atomic E-state index is 11.8. The van der Waals surface area contributed by atoms with Crippen LogP contribution in [-0.4, -0.2) is 43.2 Å². The summed E-state index contributed by atoms with van der Waals surface area (Å²) in [6.07, 6.45) is 1.68. The van der Waals surface area contributed by atoms with E-state index in [2.05, 4.69) is 6.92 Å². The molecule has 1 amide bonds. The van der Waals surface area contributed by atoms with Crippen molar-refractivity contribution in [2.24, 2.45) is 11.7 Å². The molecule has 0 spiro atoms. The first-order valence-corrected chi connectivity index (χ1v) is 5.73. The number of nitrogens with two attached hydrogens (primary N) is 1. The molecule has 1 fully saturated rings. The van der Waals surface area contributed by atoms with Gasteiger partial charge in [0.1, 0.15) is 0 Å². The number of morpholine rings is 1. The van der Waals surface area contributed by atoms with Crippen molar-refractivity contribution in [3.63, 3.8) is 0 Å². The number of ether oxygens (including phenoxy) is 1. The van der Waals surface area contributed by atoms with Crippen molar-refractivity contribution in [1.82, 2.24) is 4.90 Å². The minimum Gasteiger partial charge on any atom is -0.375 e. The molecule has 88 valence electrons. The van der Waals surface area contributed by atoms with Crippen LogP contribution in [0.3, 0.4) is 0 Å². The van der Waals surface area contributed by atoms with E-state index in [9.17, 15) is 4.79 Å². The maximum absolute atomic E-state index is 11.8. The Morgan fingerprint density at radius 3 is 3.00 bits per heavy atom. The Hall–Kier alpha value is -0.610. The van der Waals surface area contributed by atoms with Gasteiger partial charge in [-0.1, -0.05) is 6.92 Å². The lowest BCUT2D eigenvalue weighted by Gasteiger charge is -2.31. The molecule has 1 heterocycles. The highest BCUT2D eigenvalue weighted by atomic mass is 16.5. The first-order valence-electron chi connectivity index (χ1n) is 5.73. The van der Waals surface area contributed by atoms with Gasteiger partial charge in [0.15, 0.2) is 0 Å². The van der Waals surface area contributed by atoms with Crippen LogP contribution in [0.2, 0.25) is 0 Å². The highest BCUT2D eigenvalue weighted by molar-refractivity contribution is 5.76. The molecule has 1 rings (SSSR count). The van der Waals surface area contributed by atoms with Gasteiger partial charge in [-0.2, -0.15) is 0 Å². The molecule has 0 aromatic carbocycles.